The van der Waals surface area contributed by atoms with Crippen LogP contribution in [-0.4, -0.2) is 20.7 Å². The van der Waals surface area contributed by atoms with Gasteiger partial charge in [-0.15, -0.1) is 5.10 Å². The summed E-state index contributed by atoms with van der Waals surface area (Å²) in [7, 11) is 0. The number of fused-ring (bicyclic) bond motifs is 3. The maximum atomic E-state index is 13.0. The summed E-state index contributed by atoms with van der Waals surface area (Å²) in [4.78, 5) is 18.1. The van der Waals surface area contributed by atoms with E-state index in [1.54, 1.807) is 0 Å². The molecule has 4 heterocycles. The highest BCUT2D eigenvalue weighted by atomic mass is 32.1. The van der Waals surface area contributed by atoms with Crippen molar-refractivity contribution in [3.8, 4) is 17.3 Å². The van der Waals surface area contributed by atoms with Gasteiger partial charge in [-0.2, -0.15) is 9.50 Å². The lowest BCUT2D eigenvalue weighted by Gasteiger charge is -2.22. The smallest absolute Gasteiger partial charge is 0.291 e. The average Bonchev–Trinajstić information content (AvgIpc) is 3.42. The Bertz CT molecular complexity index is 1620. The fourth-order valence-corrected chi connectivity index (χ4v) is 4.80. The van der Waals surface area contributed by atoms with Gasteiger partial charge in [-0.1, -0.05) is 47.7 Å². The normalized spacial score (nSPS) is 16.5. The lowest BCUT2D eigenvalue weighted by atomic mass is 10.0. The van der Waals surface area contributed by atoms with Crippen molar-refractivity contribution in [1.29, 1.82) is 0 Å². The van der Waals surface area contributed by atoms with E-state index in [2.05, 4.69) is 16.2 Å². The number of ether oxygens (including phenoxy) is 1. The average molecular weight is 427 g/mol. The third kappa shape index (κ3) is 2.81. The number of hydrogen-bond acceptors (Lipinski definition) is 6. The summed E-state index contributed by atoms with van der Waals surface area (Å²) in [5, 5.41) is 5.47. The minimum Gasteiger partial charge on any atom is -0.485 e. The van der Waals surface area contributed by atoms with Crippen LogP contribution < -0.4 is 14.8 Å². The molecule has 0 saturated heterocycles. The van der Waals surface area contributed by atoms with Crippen molar-refractivity contribution in [3.05, 3.63) is 80.1 Å². The van der Waals surface area contributed by atoms with E-state index in [9.17, 15) is 4.79 Å². The van der Waals surface area contributed by atoms with Crippen molar-refractivity contribution in [1.82, 2.24) is 14.6 Å². The number of rotatable bonds is 2. The molecule has 0 amide bonds. The SMILES string of the molecule is Cc1c(-c2nc3sc(=CC4=Cc5ccccc5OC4C)c(=O)n3n2)oc2ccccc12. The van der Waals surface area contributed by atoms with Crippen LogP contribution in [0.4, 0.5) is 0 Å². The van der Waals surface area contributed by atoms with E-state index < -0.39 is 0 Å². The lowest BCUT2D eigenvalue weighted by Crippen LogP contribution is -2.26. The Kier molecular flexibility index (Phi) is 3.88. The summed E-state index contributed by atoms with van der Waals surface area (Å²) in [6, 6.07) is 15.7. The lowest BCUT2D eigenvalue weighted by molar-refractivity contribution is 0.259. The summed E-state index contributed by atoms with van der Waals surface area (Å²) < 4.78 is 13.9. The molecule has 1 aliphatic heterocycles. The maximum absolute atomic E-state index is 13.0. The van der Waals surface area contributed by atoms with E-state index in [1.165, 1.54) is 15.9 Å². The van der Waals surface area contributed by atoms with E-state index >= 15 is 0 Å². The predicted octanol–water partition coefficient (Wildman–Crippen LogP) is 4.24. The number of furan rings is 1. The number of benzene rings is 2. The van der Waals surface area contributed by atoms with E-state index in [0.717, 1.165) is 33.4 Å². The van der Waals surface area contributed by atoms with Gasteiger partial charge in [0, 0.05) is 16.5 Å². The van der Waals surface area contributed by atoms with Crippen molar-refractivity contribution in [2.75, 3.05) is 0 Å². The quantitative estimate of drug-likeness (QED) is 0.422. The molecule has 0 bridgehead atoms. The molecule has 0 saturated carbocycles. The maximum Gasteiger partial charge on any atom is 0.291 e. The Hall–Kier alpha value is -3.71. The van der Waals surface area contributed by atoms with Crippen LogP contribution in [0.15, 0.2) is 63.3 Å². The summed E-state index contributed by atoms with van der Waals surface area (Å²) >= 11 is 1.31. The van der Waals surface area contributed by atoms with Crippen LogP contribution >= 0.6 is 11.3 Å². The first-order valence-corrected chi connectivity index (χ1v) is 10.8. The second-order valence-electron chi connectivity index (χ2n) is 7.54. The fourth-order valence-electron chi connectivity index (χ4n) is 3.89. The number of thiazole rings is 1. The standard InChI is InChI=1S/C24H17N3O3S/c1-13-17-8-4-6-10-19(17)30-21(13)22-25-24-27(26-22)23(28)20(31-24)12-16-11-15-7-3-5-9-18(15)29-14(16)2/h3-12,14H,1-2H3. The highest BCUT2D eigenvalue weighted by Gasteiger charge is 2.20. The summed E-state index contributed by atoms with van der Waals surface area (Å²) in [5.41, 5.74) is 3.49. The van der Waals surface area contributed by atoms with Gasteiger partial charge in [0.05, 0.1) is 4.53 Å². The molecule has 2 aromatic carbocycles. The van der Waals surface area contributed by atoms with E-state index in [0.29, 0.717) is 21.1 Å². The molecule has 6 nitrogen and oxygen atoms in total. The third-order valence-corrected chi connectivity index (χ3v) is 6.50. The predicted molar refractivity (Wildman–Crippen MR) is 121 cm³/mol. The van der Waals surface area contributed by atoms with Crippen LogP contribution in [0.5, 0.6) is 5.75 Å². The van der Waals surface area contributed by atoms with E-state index in [1.807, 2.05) is 68.5 Å². The number of hydrogen-bond donors (Lipinski definition) is 0. The molecule has 1 atom stereocenters. The van der Waals surface area contributed by atoms with Gasteiger partial charge in [0.15, 0.2) is 5.76 Å². The zero-order valence-electron chi connectivity index (χ0n) is 16.8. The molecular formula is C24H17N3O3S. The molecule has 0 radical (unpaired) electrons. The van der Waals surface area contributed by atoms with Crippen molar-refractivity contribution < 1.29 is 9.15 Å². The number of aryl methyl sites for hydroxylation is 1. The van der Waals surface area contributed by atoms with Gasteiger partial charge in [-0.25, -0.2) is 0 Å². The molecule has 6 rings (SSSR count). The van der Waals surface area contributed by atoms with Crippen LogP contribution in [0.25, 0.3) is 39.7 Å². The van der Waals surface area contributed by atoms with Gasteiger partial charge in [0.2, 0.25) is 10.8 Å². The zero-order valence-corrected chi connectivity index (χ0v) is 17.6. The van der Waals surface area contributed by atoms with E-state index in [4.69, 9.17) is 9.15 Å². The largest absolute Gasteiger partial charge is 0.485 e. The monoisotopic (exact) mass is 427 g/mol. The first kappa shape index (κ1) is 18.1. The van der Waals surface area contributed by atoms with Gasteiger partial charge >= 0.3 is 0 Å². The Morgan fingerprint density at radius 3 is 2.77 bits per heavy atom. The number of para-hydroxylation sites is 2. The van der Waals surface area contributed by atoms with Gasteiger partial charge in [0.25, 0.3) is 5.56 Å². The van der Waals surface area contributed by atoms with Crippen LogP contribution in [0, 0.1) is 6.92 Å². The molecule has 0 aliphatic carbocycles. The molecule has 7 heteroatoms. The Morgan fingerprint density at radius 2 is 1.94 bits per heavy atom. The van der Waals surface area contributed by atoms with Crippen molar-refractivity contribution in [2.24, 2.45) is 0 Å². The molecule has 0 fully saturated rings. The minimum absolute atomic E-state index is 0.148. The highest BCUT2D eigenvalue weighted by Crippen LogP contribution is 2.32. The molecule has 152 valence electrons. The van der Waals surface area contributed by atoms with Gasteiger partial charge < -0.3 is 9.15 Å². The first-order chi connectivity index (χ1) is 15.1. The Morgan fingerprint density at radius 1 is 1.13 bits per heavy atom. The number of aromatic nitrogens is 3. The summed E-state index contributed by atoms with van der Waals surface area (Å²) in [5.74, 6) is 1.87. The summed E-state index contributed by atoms with van der Waals surface area (Å²) in [6.45, 7) is 3.95. The first-order valence-electron chi connectivity index (χ1n) is 9.95. The molecule has 31 heavy (non-hydrogen) atoms. The second kappa shape index (κ2) is 6.65. The minimum atomic E-state index is -0.195. The topological polar surface area (TPSA) is 69.6 Å². The Labute approximate surface area is 180 Å². The van der Waals surface area contributed by atoms with Gasteiger partial charge in [-0.05, 0) is 43.7 Å². The van der Waals surface area contributed by atoms with Crippen molar-refractivity contribution in [2.45, 2.75) is 20.0 Å². The molecule has 0 N–H and O–H groups in total. The molecule has 5 aromatic rings. The highest BCUT2D eigenvalue weighted by molar-refractivity contribution is 7.15. The summed E-state index contributed by atoms with van der Waals surface area (Å²) in [6.07, 6.45) is 3.78. The van der Waals surface area contributed by atoms with Gasteiger partial charge in [-0.3, -0.25) is 4.79 Å². The Balaban J connectivity index is 1.45. The van der Waals surface area contributed by atoms with E-state index in [-0.39, 0.29) is 11.7 Å². The number of nitrogens with zero attached hydrogens (tertiary/aromatic N) is 3. The van der Waals surface area contributed by atoms with Crippen LogP contribution in [0.2, 0.25) is 0 Å². The molecule has 0 spiro atoms. The molecule has 1 aliphatic rings. The molecular weight excluding hydrogens is 410 g/mol. The van der Waals surface area contributed by atoms with Gasteiger partial charge in [0.1, 0.15) is 17.4 Å². The fraction of sp³-hybridized carbons (Fsp3) is 0.125. The van der Waals surface area contributed by atoms with Crippen LogP contribution in [-0.2, 0) is 0 Å². The second-order valence-corrected chi connectivity index (χ2v) is 8.55. The van der Waals surface area contributed by atoms with Crippen LogP contribution in [0.3, 0.4) is 0 Å². The third-order valence-electron chi connectivity index (χ3n) is 5.54. The molecule has 1 unspecified atom stereocenters. The van der Waals surface area contributed by atoms with Crippen molar-refractivity contribution >= 4 is 39.4 Å². The van der Waals surface area contributed by atoms with Crippen molar-refractivity contribution in [3.63, 3.8) is 0 Å². The zero-order chi connectivity index (χ0) is 21.1. The van der Waals surface area contributed by atoms with Crippen LogP contribution in [0.1, 0.15) is 18.1 Å². The molecule has 3 aromatic heterocycles.